The van der Waals surface area contributed by atoms with Gasteiger partial charge in [0.2, 0.25) is 0 Å². The fraction of sp³-hybridized carbons (Fsp3) is 0.143. The summed E-state index contributed by atoms with van der Waals surface area (Å²) in [7, 11) is 0. The van der Waals surface area contributed by atoms with Gasteiger partial charge < -0.3 is 4.90 Å². The fourth-order valence-corrected chi connectivity index (χ4v) is 4.78. The van der Waals surface area contributed by atoms with Gasteiger partial charge in [0.05, 0.1) is 11.0 Å². The van der Waals surface area contributed by atoms with E-state index in [9.17, 15) is 0 Å². The van der Waals surface area contributed by atoms with Crippen LogP contribution in [0.4, 0.5) is 5.69 Å². The number of pyridine rings is 2. The molecule has 0 amide bonds. The predicted molar refractivity (Wildman–Crippen MR) is 129 cm³/mol. The van der Waals surface area contributed by atoms with Crippen molar-refractivity contribution in [3.05, 3.63) is 91.3 Å². The van der Waals surface area contributed by atoms with Crippen molar-refractivity contribution in [3.63, 3.8) is 0 Å². The van der Waals surface area contributed by atoms with Crippen molar-refractivity contribution in [2.75, 3.05) is 18.0 Å². The van der Waals surface area contributed by atoms with Gasteiger partial charge >= 0.3 is 0 Å². The van der Waals surface area contributed by atoms with Crippen LogP contribution < -0.4 is 4.90 Å². The highest BCUT2D eigenvalue weighted by molar-refractivity contribution is 6.11. The van der Waals surface area contributed by atoms with Gasteiger partial charge in [-0.2, -0.15) is 0 Å². The summed E-state index contributed by atoms with van der Waals surface area (Å²) < 4.78 is 0. The number of fused-ring (bicyclic) bond motifs is 3. The highest BCUT2D eigenvalue weighted by Crippen LogP contribution is 2.35. The first kappa shape index (κ1) is 18.1. The second-order valence-electron chi connectivity index (χ2n) is 8.18. The molecular weight excluding hydrogens is 378 g/mol. The lowest BCUT2D eigenvalue weighted by Crippen LogP contribution is -2.17. The van der Waals surface area contributed by atoms with E-state index in [4.69, 9.17) is 9.97 Å². The summed E-state index contributed by atoms with van der Waals surface area (Å²) in [6.45, 7) is 2.33. The van der Waals surface area contributed by atoms with E-state index in [-0.39, 0.29) is 0 Å². The van der Waals surface area contributed by atoms with Crippen LogP contribution in [0.3, 0.4) is 0 Å². The molecule has 150 valence electrons. The molecule has 6 rings (SSSR count). The normalized spacial score (nSPS) is 13.9. The van der Waals surface area contributed by atoms with Gasteiger partial charge in [0.1, 0.15) is 0 Å². The zero-order valence-electron chi connectivity index (χ0n) is 17.3. The van der Waals surface area contributed by atoms with E-state index in [1.54, 1.807) is 0 Å². The maximum Gasteiger partial charge on any atom is 0.0970 e. The van der Waals surface area contributed by atoms with Crippen LogP contribution in [0.5, 0.6) is 0 Å². The molecule has 0 bridgehead atoms. The maximum atomic E-state index is 4.74. The second-order valence-corrected chi connectivity index (χ2v) is 8.18. The first-order valence-electron chi connectivity index (χ1n) is 11.0. The maximum absolute atomic E-state index is 4.74. The molecule has 1 fully saturated rings. The van der Waals surface area contributed by atoms with Crippen LogP contribution in [-0.2, 0) is 0 Å². The highest BCUT2D eigenvalue weighted by Gasteiger charge is 2.14. The highest BCUT2D eigenvalue weighted by atomic mass is 15.1. The Labute approximate surface area is 182 Å². The van der Waals surface area contributed by atoms with Gasteiger partial charge in [-0.15, -0.1) is 0 Å². The van der Waals surface area contributed by atoms with Crippen LogP contribution in [-0.4, -0.2) is 23.1 Å². The van der Waals surface area contributed by atoms with Crippen LogP contribution in [0.15, 0.2) is 91.3 Å². The molecule has 0 atom stereocenters. The molecule has 0 unspecified atom stereocenters. The third kappa shape index (κ3) is 3.14. The van der Waals surface area contributed by atoms with E-state index in [0.29, 0.717) is 0 Å². The summed E-state index contributed by atoms with van der Waals surface area (Å²) in [5, 5.41) is 2.27. The van der Waals surface area contributed by atoms with Crippen molar-refractivity contribution in [3.8, 4) is 22.3 Å². The van der Waals surface area contributed by atoms with Gasteiger partial charge in [0.25, 0.3) is 0 Å². The second kappa shape index (κ2) is 7.51. The Morgan fingerprint density at radius 2 is 1.10 bits per heavy atom. The number of rotatable bonds is 3. The lowest BCUT2D eigenvalue weighted by Gasteiger charge is -2.18. The number of hydrogen-bond acceptors (Lipinski definition) is 3. The molecule has 3 heterocycles. The minimum Gasteiger partial charge on any atom is -0.372 e. The van der Waals surface area contributed by atoms with Gasteiger partial charge in [-0.1, -0.05) is 54.6 Å². The molecule has 31 heavy (non-hydrogen) atoms. The number of nitrogens with zero attached hydrogens (tertiary/aromatic N) is 3. The minimum absolute atomic E-state index is 0.953. The van der Waals surface area contributed by atoms with E-state index in [2.05, 4.69) is 77.7 Å². The Bertz CT molecular complexity index is 1370. The smallest absolute Gasteiger partial charge is 0.0970 e. The molecule has 3 aromatic carbocycles. The van der Waals surface area contributed by atoms with Crippen LogP contribution in [0.1, 0.15) is 12.8 Å². The van der Waals surface area contributed by atoms with E-state index < -0.39 is 0 Å². The summed E-state index contributed by atoms with van der Waals surface area (Å²) in [6, 6.07) is 28.0. The lowest BCUT2D eigenvalue weighted by atomic mass is 9.96. The van der Waals surface area contributed by atoms with Crippen molar-refractivity contribution < 1.29 is 0 Å². The topological polar surface area (TPSA) is 29.0 Å². The third-order valence-electron chi connectivity index (χ3n) is 6.36. The van der Waals surface area contributed by atoms with E-state index in [0.717, 1.165) is 21.8 Å². The van der Waals surface area contributed by atoms with Crippen LogP contribution in [0.25, 0.3) is 44.1 Å². The molecule has 0 spiro atoms. The number of hydrogen-bond donors (Lipinski definition) is 0. The zero-order valence-corrected chi connectivity index (χ0v) is 17.3. The van der Waals surface area contributed by atoms with Crippen molar-refractivity contribution in [1.82, 2.24) is 9.97 Å². The molecule has 0 aliphatic carbocycles. The molecule has 3 nitrogen and oxygen atoms in total. The van der Waals surface area contributed by atoms with Crippen LogP contribution >= 0.6 is 0 Å². The molecular formula is C28H23N3. The molecule has 1 aliphatic rings. The molecule has 1 aliphatic heterocycles. The molecule has 0 saturated carbocycles. The van der Waals surface area contributed by atoms with E-state index >= 15 is 0 Å². The van der Waals surface area contributed by atoms with Gasteiger partial charge in [0.15, 0.2) is 0 Å². The van der Waals surface area contributed by atoms with Crippen LogP contribution in [0.2, 0.25) is 0 Å². The van der Waals surface area contributed by atoms with Gasteiger partial charge in [-0.05, 0) is 59.4 Å². The third-order valence-corrected chi connectivity index (χ3v) is 6.36. The Hall–Kier alpha value is -3.72. The molecule has 3 heteroatoms. The summed E-state index contributed by atoms with van der Waals surface area (Å²) in [5.41, 5.74) is 8.03. The largest absolute Gasteiger partial charge is 0.372 e. The SMILES string of the molecule is c1ccc(-c2ccnc3c2ccc2c(-c4ccc(N5CCCC5)cc4)ccnc23)cc1. The number of aromatic nitrogens is 2. The number of anilines is 1. The van der Waals surface area contributed by atoms with Crippen molar-refractivity contribution in [2.45, 2.75) is 12.8 Å². The first-order chi connectivity index (χ1) is 15.4. The molecule has 1 saturated heterocycles. The lowest BCUT2D eigenvalue weighted by molar-refractivity contribution is 0.949. The van der Waals surface area contributed by atoms with Gasteiger partial charge in [0, 0.05) is 41.9 Å². The van der Waals surface area contributed by atoms with E-state index in [1.165, 1.54) is 53.9 Å². The molecule has 2 aromatic heterocycles. The summed E-state index contributed by atoms with van der Waals surface area (Å²) in [4.78, 5) is 11.9. The average Bonchev–Trinajstić information content (AvgIpc) is 3.39. The number of benzene rings is 3. The fourth-order valence-electron chi connectivity index (χ4n) is 4.78. The van der Waals surface area contributed by atoms with E-state index in [1.807, 2.05) is 18.5 Å². The van der Waals surface area contributed by atoms with Gasteiger partial charge in [-0.3, -0.25) is 9.97 Å². The summed E-state index contributed by atoms with van der Waals surface area (Å²) >= 11 is 0. The molecule has 5 aromatic rings. The summed E-state index contributed by atoms with van der Waals surface area (Å²) in [6.07, 6.45) is 6.38. The predicted octanol–water partition coefficient (Wildman–Crippen LogP) is 6.72. The quantitative estimate of drug-likeness (QED) is 0.314. The van der Waals surface area contributed by atoms with Crippen molar-refractivity contribution >= 4 is 27.5 Å². The molecule has 0 N–H and O–H groups in total. The van der Waals surface area contributed by atoms with Crippen molar-refractivity contribution in [1.29, 1.82) is 0 Å². The zero-order chi connectivity index (χ0) is 20.6. The van der Waals surface area contributed by atoms with Crippen molar-refractivity contribution in [2.24, 2.45) is 0 Å². The monoisotopic (exact) mass is 401 g/mol. The van der Waals surface area contributed by atoms with Gasteiger partial charge in [-0.25, -0.2) is 0 Å². The average molecular weight is 402 g/mol. The summed E-state index contributed by atoms with van der Waals surface area (Å²) in [5.74, 6) is 0. The molecule has 0 radical (unpaired) electrons. The Morgan fingerprint density at radius 1 is 0.548 bits per heavy atom. The minimum atomic E-state index is 0.953. The Morgan fingerprint density at radius 3 is 1.68 bits per heavy atom. The Balaban J connectivity index is 1.49. The Kier molecular flexibility index (Phi) is 4.38. The first-order valence-corrected chi connectivity index (χ1v) is 11.0. The standard InChI is InChI=1S/C28H23N3/c1-2-6-20(7-3-1)23-14-16-29-27-25(23)12-13-26-24(15-17-30-28(26)27)21-8-10-22(11-9-21)31-18-4-5-19-31/h1-3,6-17H,4-5,18-19H2. The van der Waals surface area contributed by atoms with Crippen LogP contribution in [0, 0.1) is 0 Å².